The fourth-order valence-electron chi connectivity index (χ4n) is 6.31. The smallest absolute Gasteiger partial charge is 0.248 e. The van der Waals surface area contributed by atoms with E-state index < -0.39 is 11.1 Å². The molecule has 8 rings (SSSR count). The van der Waals surface area contributed by atoms with Crippen molar-refractivity contribution < 1.29 is 13.7 Å². The van der Waals surface area contributed by atoms with Gasteiger partial charge in [-0.15, -0.1) is 0 Å². The number of H-pyrrole nitrogens is 1. The molecule has 0 aliphatic heterocycles. The van der Waals surface area contributed by atoms with E-state index in [-0.39, 0.29) is 11.5 Å². The zero-order chi connectivity index (χ0) is 26.6. The maximum Gasteiger partial charge on any atom is 0.248 e. The molecule has 2 bridgehead atoms. The molecule has 2 aromatic carbocycles. The van der Waals surface area contributed by atoms with E-state index in [1.807, 2.05) is 53.4 Å². The van der Waals surface area contributed by atoms with Crippen molar-refractivity contribution in [3.8, 4) is 11.1 Å². The Bertz CT molecular complexity index is 1600. The molecule has 8 heteroatoms. The number of benzene rings is 2. The Hall–Kier alpha value is -3.81. The van der Waals surface area contributed by atoms with Crippen molar-refractivity contribution in [2.24, 2.45) is 5.41 Å². The van der Waals surface area contributed by atoms with Gasteiger partial charge in [0, 0.05) is 36.2 Å². The van der Waals surface area contributed by atoms with Crippen molar-refractivity contribution >= 4 is 22.5 Å². The number of aromatic nitrogens is 3. The van der Waals surface area contributed by atoms with Crippen LogP contribution in [0.4, 0.5) is 10.1 Å². The molecule has 2 aromatic heterocycles. The fraction of sp³-hybridized carbons (Fsp3) is 0.419. The van der Waals surface area contributed by atoms with Gasteiger partial charge in [0.2, 0.25) is 17.4 Å². The van der Waals surface area contributed by atoms with Gasteiger partial charge in [0.25, 0.3) is 0 Å². The van der Waals surface area contributed by atoms with Crippen LogP contribution in [0, 0.1) is 5.41 Å². The van der Waals surface area contributed by atoms with E-state index in [1.54, 1.807) is 0 Å². The number of amides is 1. The minimum Gasteiger partial charge on any atom is -0.339 e. The van der Waals surface area contributed by atoms with Crippen molar-refractivity contribution in [1.82, 2.24) is 15.1 Å². The molecule has 4 aliphatic rings. The van der Waals surface area contributed by atoms with E-state index in [2.05, 4.69) is 15.1 Å². The predicted molar refractivity (Wildman–Crippen MR) is 146 cm³/mol. The van der Waals surface area contributed by atoms with Crippen molar-refractivity contribution in [2.75, 3.05) is 11.4 Å². The highest BCUT2D eigenvalue weighted by Crippen LogP contribution is 2.70. The molecule has 0 unspecified atom stereocenters. The third-order valence-electron chi connectivity index (χ3n) is 8.58. The first-order chi connectivity index (χ1) is 18.9. The molecule has 4 fully saturated rings. The van der Waals surface area contributed by atoms with Crippen LogP contribution < -0.4 is 10.5 Å². The number of nitrogens with zero attached hydrogens (tertiary/aromatic N) is 3. The number of aryl methyl sites for hydroxylation is 1. The Balaban J connectivity index is 1.07. The summed E-state index contributed by atoms with van der Waals surface area (Å²) in [7, 11) is 0. The molecule has 4 aromatic rings. The van der Waals surface area contributed by atoms with Gasteiger partial charge in [0.15, 0.2) is 5.82 Å². The van der Waals surface area contributed by atoms with Crippen LogP contribution >= 0.6 is 0 Å². The lowest BCUT2D eigenvalue weighted by Gasteiger charge is -2.65. The summed E-state index contributed by atoms with van der Waals surface area (Å²) in [6, 6.07) is 17.3. The van der Waals surface area contributed by atoms with E-state index in [0.717, 1.165) is 72.1 Å². The van der Waals surface area contributed by atoms with Crippen molar-refractivity contribution in [1.29, 1.82) is 0 Å². The number of aromatic amines is 1. The van der Waals surface area contributed by atoms with E-state index in [1.165, 1.54) is 6.07 Å². The number of rotatable bonds is 10. The zero-order valence-electron chi connectivity index (χ0n) is 21.8. The maximum absolute atomic E-state index is 14.3. The summed E-state index contributed by atoms with van der Waals surface area (Å²) in [6.45, 7) is 0.583. The maximum atomic E-state index is 14.3. The van der Waals surface area contributed by atoms with Gasteiger partial charge in [-0.1, -0.05) is 29.8 Å². The Labute approximate surface area is 225 Å². The molecule has 0 saturated heterocycles. The number of nitrogens with one attached hydrogen (secondary N) is 1. The number of carbonyl (C=O) groups excluding carboxylic acids is 1. The minimum atomic E-state index is -1.13. The van der Waals surface area contributed by atoms with Crippen LogP contribution in [0.25, 0.3) is 22.0 Å². The quantitative estimate of drug-likeness (QED) is 0.252. The molecule has 0 spiro atoms. The highest BCUT2D eigenvalue weighted by atomic mass is 19.1. The lowest BCUT2D eigenvalue weighted by Crippen LogP contribution is -2.70. The number of alkyl halides is 1. The largest absolute Gasteiger partial charge is 0.339 e. The second-order valence-corrected chi connectivity index (χ2v) is 11.7. The average Bonchev–Trinajstić information content (AvgIpc) is 3.65. The summed E-state index contributed by atoms with van der Waals surface area (Å²) in [6.07, 6.45) is 6.74. The molecular weight excluding hydrogens is 495 g/mol. The summed E-state index contributed by atoms with van der Waals surface area (Å²) < 4.78 is 19.7. The van der Waals surface area contributed by atoms with E-state index in [9.17, 15) is 14.0 Å². The summed E-state index contributed by atoms with van der Waals surface area (Å²) in [5, 5.41) is 5.03. The Morgan fingerprint density at radius 1 is 1.03 bits per heavy atom. The summed E-state index contributed by atoms with van der Waals surface area (Å²) in [5.41, 5.74) is 1.81. The first-order valence-corrected chi connectivity index (χ1v) is 14.0. The monoisotopic (exact) mass is 526 g/mol. The second kappa shape index (κ2) is 9.14. The van der Waals surface area contributed by atoms with Crippen molar-refractivity contribution in [3.05, 3.63) is 76.7 Å². The normalized spacial score (nSPS) is 23.3. The predicted octanol–water partition coefficient (Wildman–Crippen LogP) is 6.09. The molecule has 4 saturated carbocycles. The molecule has 4 aliphatic carbocycles. The van der Waals surface area contributed by atoms with Crippen LogP contribution in [0.15, 0.2) is 63.9 Å². The molecule has 39 heavy (non-hydrogen) atoms. The standard InChI is InChI=1S/C31H31FN4O3/c32-31-17-30(18-31,19-31)29(38)36(14-3-1-2-7-27-34-28(35-39-27)20-8-9-20)24-6-4-5-21(16-24)22-10-12-25-23(15-22)11-13-26(37)33-25/h4-6,10-13,15-16,20H,1-3,7-9,14,17-19H2,(H,33,37). The number of pyridine rings is 1. The lowest BCUT2D eigenvalue weighted by molar-refractivity contribution is -0.211. The molecule has 0 radical (unpaired) electrons. The van der Waals surface area contributed by atoms with Gasteiger partial charge in [0.05, 0.1) is 5.41 Å². The third-order valence-corrected chi connectivity index (χ3v) is 8.58. The number of hydrogen-bond donors (Lipinski definition) is 1. The molecule has 200 valence electrons. The SMILES string of the molecule is O=C(N(CCCCCc1nc(C2CC2)no1)c1cccc(-c2ccc3[nH]c(=O)ccc3c2)c1)C12CC(F)(C1)C2. The zero-order valence-corrected chi connectivity index (χ0v) is 21.8. The first kappa shape index (κ1) is 24.2. The van der Waals surface area contributed by atoms with Crippen molar-refractivity contribution in [3.63, 3.8) is 0 Å². The molecule has 1 N–H and O–H groups in total. The lowest BCUT2D eigenvalue weighted by atomic mass is 9.42. The van der Waals surface area contributed by atoms with Gasteiger partial charge >= 0.3 is 0 Å². The number of hydrogen-bond acceptors (Lipinski definition) is 5. The molecule has 7 nitrogen and oxygen atoms in total. The summed E-state index contributed by atoms with van der Waals surface area (Å²) in [4.78, 5) is 34.6. The van der Waals surface area contributed by atoms with Gasteiger partial charge in [-0.25, -0.2) is 4.39 Å². The van der Waals surface area contributed by atoms with E-state index in [0.29, 0.717) is 37.6 Å². The van der Waals surface area contributed by atoms with Crippen molar-refractivity contribution in [2.45, 2.75) is 69.4 Å². The number of anilines is 1. The van der Waals surface area contributed by atoms with Gasteiger partial charge in [-0.05, 0) is 91.8 Å². The second-order valence-electron chi connectivity index (χ2n) is 11.7. The number of unbranched alkanes of at least 4 members (excludes halogenated alkanes) is 2. The average molecular weight is 527 g/mol. The molecule has 1 amide bonds. The van der Waals surface area contributed by atoms with Gasteiger partial charge in [0.1, 0.15) is 5.67 Å². The fourth-order valence-corrected chi connectivity index (χ4v) is 6.31. The van der Waals surface area contributed by atoms with Crippen LogP contribution in [0.3, 0.4) is 0 Å². The van der Waals surface area contributed by atoms with Crippen LogP contribution in [-0.2, 0) is 11.2 Å². The minimum absolute atomic E-state index is 0.0428. The number of halogens is 1. The van der Waals surface area contributed by atoms with E-state index >= 15 is 0 Å². The van der Waals surface area contributed by atoms with Crippen LogP contribution in [0.2, 0.25) is 0 Å². The first-order valence-electron chi connectivity index (χ1n) is 14.0. The topological polar surface area (TPSA) is 92.1 Å². The Morgan fingerprint density at radius 3 is 2.64 bits per heavy atom. The van der Waals surface area contributed by atoms with Gasteiger partial charge in [-0.3, -0.25) is 9.59 Å². The number of carbonyl (C=O) groups is 1. The van der Waals surface area contributed by atoms with Crippen LogP contribution in [0.5, 0.6) is 0 Å². The summed E-state index contributed by atoms with van der Waals surface area (Å²) in [5.74, 6) is 2.06. The highest BCUT2D eigenvalue weighted by molar-refractivity contribution is 6.00. The van der Waals surface area contributed by atoms with Gasteiger partial charge < -0.3 is 14.4 Å². The highest BCUT2D eigenvalue weighted by Gasteiger charge is 2.73. The Morgan fingerprint density at radius 2 is 1.85 bits per heavy atom. The summed E-state index contributed by atoms with van der Waals surface area (Å²) >= 11 is 0. The number of fused-ring (bicyclic) bond motifs is 1. The third kappa shape index (κ3) is 4.56. The molecule has 0 atom stereocenters. The Kier molecular flexibility index (Phi) is 5.68. The van der Waals surface area contributed by atoms with Crippen LogP contribution in [0.1, 0.15) is 69.0 Å². The van der Waals surface area contributed by atoms with Gasteiger partial charge in [-0.2, -0.15) is 4.98 Å². The molecular formula is C31H31FN4O3. The van der Waals surface area contributed by atoms with E-state index in [4.69, 9.17) is 4.52 Å². The van der Waals surface area contributed by atoms with Crippen LogP contribution in [-0.4, -0.2) is 33.2 Å². The molecule has 2 heterocycles.